The Hall–Kier alpha value is -1.42. The lowest BCUT2D eigenvalue weighted by Crippen LogP contribution is -2.01. The van der Waals surface area contributed by atoms with Crippen molar-refractivity contribution in [2.45, 2.75) is 19.9 Å². The van der Waals surface area contributed by atoms with Gasteiger partial charge in [-0.15, -0.1) is 0 Å². The zero-order valence-electron chi connectivity index (χ0n) is 9.42. The van der Waals surface area contributed by atoms with Crippen LogP contribution in [0.5, 0.6) is 0 Å². The van der Waals surface area contributed by atoms with Crippen molar-refractivity contribution in [2.75, 3.05) is 0 Å². The third-order valence-corrected chi connectivity index (χ3v) is 2.73. The van der Waals surface area contributed by atoms with Gasteiger partial charge in [0.2, 0.25) is 0 Å². The fourth-order valence-corrected chi connectivity index (χ4v) is 1.68. The fourth-order valence-electron chi connectivity index (χ4n) is 1.52. The standard InChI is InChI=1S/C12H11ClF2N2/c1-7(2)17-6-5-10(16-17)11-9(14)4-3-8(13)12(11)15/h3-7H,1-2H3. The number of hydrogen-bond acceptors (Lipinski definition) is 1. The van der Waals surface area contributed by atoms with Crippen molar-refractivity contribution in [1.82, 2.24) is 9.78 Å². The van der Waals surface area contributed by atoms with Crippen LogP contribution < -0.4 is 0 Å². The zero-order valence-corrected chi connectivity index (χ0v) is 10.2. The van der Waals surface area contributed by atoms with Crippen LogP contribution in [0.25, 0.3) is 11.3 Å². The summed E-state index contributed by atoms with van der Waals surface area (Å²) in [5.41, 5.74) is 0.0631. The molecule has 1 aromatic heterocycles. The Morgan fingerprint density at radius 1 is 1.24 bits per heavy atom. The molecule has 2 rings (SSSR count). The highest BCUT2D eigenvalue weighted by atomic mass is 35.5. The molecule has 2 nitrogen and oxygen atoms in total. The molecule has 0 unspecified atom stereocenters. The maximum absolute atomic E-state index is 13.7. The molecule has 0 amide bonds. The monoisotopic (exact) mass is 256 g/mol. The van der Waals surface area contributed by atoms with Crippen LogP contribution in [0, 0.1) is 11.6 Å². The van der Waals surface area contributed by atoms with E-state index in [2.05, 4.69) is 5.10 Å². The Kier molecular flexibility index (Phi) is 3.15. The molecule has 0 N–H and O–H groups in total. The van der Waals surface area contributed by atoms with Gasteiger partial charge >= 0.3 is 0 Å². The Balaban J connectivity index is 2.56. The lowest BCUT2D eigenvalue weighted by Gasteiger charge is -2.05. The van der Waals surface area contributed by atoms with E-state index in [1.54, 1.807) is 16.9 Å². The van der Waals surface area contributed by atoms with Crippen molar-refractivity contribution in [1.29, 1.82) is 0 Å². The summed E-state index contributed by atoms with van der Waals surface area (Å²) in [5.74, 6) is -1.44. The molecule has 0 radical (unpaired) electrons. The normalized spacial score (nSPS) is 11.2. The van der Waals surface area contributed by atoms with Gasteiger partial charge in [0.15, 0.2) is 5.82 Å². The maximum Gasteiger partial charge on any atom is 0.154 e. The van der Waals surface area contributed by atoms with E-state index >= 15 is 0 Å². The highest BCUT2D eigenvalue weighted by Gasteiger charge is 2.17. The number of benzene rings is 1. The van der Waals surface area contributed by atoms with Crippen molar-refractivity contribution in [3.63, 3.8) is 0 Å². The van der Waals surface area contributed by atoms with Gasteiger partial charge in [-0.1, -0.05) is 11.6 Å². The third-order valence-electron chi connectivity index (χ3n) is 2.44. The maximum atomic E-state index is 13.7. The molecule has 0 saturated carbocycles. The third kappa shape index (κ3) is 2.17. The van der Waals surface area contributed by atoms with Gasteiger partial charge in [0, 0.05) is 12.2 Å². The number of nitrogens with zero attached hydrogens (tertiary/aromatic N) is 2. The molecule has 0 bridgehead atoms. The number of aromatic nitrogens is 2. The van der Waals surface area contributed by atoms with E-state index < -0.39 is 11.6 Å². The summed E-state index contributed by atoms with van der Waals surface area (Å²) in [6.07, 6.45) is 1.68. The molecular formula is C12H11ClF2N2. The predicted molar refractivity (Wildman–Crippen MR) is 63.0 cm³/mol. The van der Waals surface area contributed by atoms with Gasteiger partial charge in [-0.3, -0.25) is 4.68 Å². The minimum Gasteiger partial charge on any atom is -0.270 e. The van der Waals surface area contributed by atoms with E-state index in [4.69, 9.17) is 11.6 Å². The van der Waals surface area contributed by atoms with Crippen LogP contribution in [0.3, 0.4) is 0 Å². The average Bonchev–Trinajstić information content (AvgIpc) is 2.73. The van der Waals surface area contributed by atoms with Crippen LogP contribution in [0.4, 0.5) is 8.78 Å². The van der Waals surface area contributed by atoms with Gasteiger partial charge in [-0.05, 0) is 32.0 Å². The molecule has 0 aliphatic rings. The summed E-state index contributed by atoms with van der Waals surface area (Å²) in [5, 5.41) is 4.01. The summed E-state index contributed by atoms with van der Waals surface area (Å²) in [6, 6.07) is 4.02. The van der Waals surface area contributed by atoms with Gasteiger partial charge < -0.3 is 0 Å². The average molecular weight is 257 g/mol. The highest BCUT2D eigenvalue weighted by molar-refractivity contribution is 6.31. The molecule has 0 saturated heterocycles. The van der Waals surface area contributed by atoms with Gasteiger partial charge in [0.25, 0.3) is 0 Å². The molecule has 0 spiro atoms. The van der Waals surface area contributed by atoms with Crippen LogP contribution >= 0.6 is 11.6 Å². The van der Waals surface area contributed by atoms with Crippen LogP contribution in [0.15, 0.2) is 24.4 Å². The lowest BCUT2D eigenvalue weighted by atomic mass is 10.1. The molecule has 0 aliphatic heterocycles. The van der Waals surface area contributed by atoms with Crippen LogP contribution in [0.1, 0.15) is 19.9 Å². The molecule has 0 fully saturated rings. The Bertz CT molecular complexity index is 549. The molecule has 0 aliphatic carbocycles. The van der Waals surface area contributed by atoms with Crippen molar-refractivity contribution in [3.8, 4) is 11.3 Å². The molecular weight excluding hydrogens is 246 g/mol. The van der Waals surface area contributed by atoms with Crippen molar-refractivity contribution in [3.05, 3.63) is 41.1 Å². The SMILES string of the molecule is CC(C)n1ccc(-c2c(F)ccc(Cl)c2F)n1. The van der Waals surface area contributed by atoms with Gasteiger partial charge in [0.1, 0.15) is 5.82 Å². The summed E-state index contributed by atoms with van der Waals surface area (Å²) in [4.78, 5) is 0. The Morgan fingerprint density at radius 2 is 1.94 bits per heavy atom. The van der Waals surface area contributed by atoms with Gasteiger partial charge in [-0.2, -0.15) is 5.10 Å². The topological polar surface area (TPSA) is 17.8 Å². The highest BCUT2D eigenvalue weighted by Crippen LogP contribution is 2.29. The van der Waals surface area contributed by atoms with Crippen molar-refractivity contribution >= 4 is 11.6 Å². The molecule has 17 heavy (non-hydrogen) atoms. The fraction of sp³-hybridized carbons (Fsp3) is 0.250. The zero-order chi connectivity index (χ0) is 12.6. The smallest absolute Gasteiger partial charge is 0.154 e. The van der Waals surface area contributed by atoms with Gasteiger partial charge in [0.05, 0.1) is 16.3 Å². The number of halogens is 3. The first kappa shape index (κ1) is 12.0. The summed E-state index contributed by atoms with van der Waals surface area (Å²) in [7, 11) is 0. The Labute approximate surface area is 103 Å². The quantitative estimate of drug-likeness (QED) is 0.741. The number of hydrogen-bond donors (Lipinski definition) is 0. The molecule has 0 atom stereocenters. The van der Waals surface area contributed by atoms with E-state index in [-0.39, 0.29) is 22.3 Å². The largest absolute Gasteiger partial charge is 0.270 e. The minimum atomic E-state index is -0.777. The second-order valence-electron chi connectivity index (χ2n) is 3.99. The van der Waals surface area contributed by atoms with Crippen molar-refractivity contribution < 1.29 is 8.78 Å². The van der Waals surface area contributed by atoms with E-state index in [1.165, 1.54) is 6.07 Å². The summed E-state index contributed by atoms with van der Waals surface area (Å²) >= 11 is 5.63. The van der Waals surface area contributed by atoms with E-state index in [0.29, 0.717) is 0 Å². The second-order valence-corrected chi connectivity index (χ2v) is 4.40. The van der Waals surface area contributed by atoms with Crippen molar-refractivity contribution in [2.24, 2.45) is 0 Å². The van der Waals surface area contributed by atoms with Gasteiger partial charge in [-0.25, -0.2) is 8.78 Å². The first-order chi connectivity index (χ1) is 8.00. The van der Waals surface area contributed by atoms with Crippen LogP contribution in [-0.4, -0.2) is 9.78 Å². The first-order valence-electron chi connectivity index (χ1n) is 5.19. The molecule has 5 heteroatoms. The molecule has 2 aromatic rings. The second kappa shape index (κ2) is 4.45. The van der Waals surface area contributed by atoms with Crippen LogP contribution in [-0.2, 0) is 0 Å². The molecule has 1 heterocycles. The first-order valence-corrected chi connectivity index (χ1v) is 5.57. The lowest BCUT2D eigenvalue weighted by molar-refractivity contribution is 0.531. The minimum absolute atomic E-state index is 0.111. The van der Waals surface area contributed by atoms with E-state index in [0.717, 1.165) is 6.07 Å². The number of rotatable bonds is 2. The van der Waals surface area contributed by atoms with E-state index in [9.17, 15) is 8.78 Å². The summed E-state index contributed by atoms with van der Waals surface area (Å²) < 4.78 is 29.0. The molecule has 1 aromatic carbocycles. The predicted octanol–water partition coefficient (Wildman–Crippen LogP) is 4.06. The Morgan fingerprint density at radius 3 is 2.53 bits per heavy atom. The molecule has 90 valence electrons. The summed E-state index contributed by atoms with van der Waals surface area (Å²) in [6.45, 7) is 3.86. The van der Waals surface area contributed by atoms with Crippen LogP contribution in [0.2, 0.25) is 5.02 Å². The van der Waals surface area contributed by atoms with E-state index in [1.807, 2.05) is 13.8 Å².